The minimum absolute atomic E-state index is 0. The molecule has 0 saturated heterocycles. The van der Waals surface area contributed by atoms with E-state index in [1.807, 2.05) is 13.8 Å². The van der Waals surface area contributed by atoms with Crippen LogP contribution in [0.15, 0.2) is 0 Å². The summed E-state index contributed by atoms with van der Waals surface area (Å²) in [6, 6.07) is 1.75. The summed E-state index contributed by atoms with van der Waals surface area (Å²) in [4.78, 5) is 8.92. The van der Waals surface area contributed by atoms with Crippen molar-refractivity contribution in [2.45, 2.75) is 259 Å². The molecule has 0 aromatic carbocycles. The SMILES string of the molecule is C#CC(C)(F)F.CC.CC#N.CC(C)(F)F.CC(F)(F)C(F)(F)C(F)(F)F.CC(F)(F)C(F)(F)CF.CC(F)(F)C(F)(F)F.CC(F)(F)F.CC(F)(F)S(=O)(=O)C1C(F)(F)CCCC1(F)F.CC(F)(F)S(=O)(=O)C1CCCCC1.CCF.CCF.CCS(=O)(=O)F.COC(=O)F.O=S(=O)(F)C(F)(F)C(F)(F)F.[HH]. The number of alkyl halides is 39. The summed E-state index contributed by atoms with van der Waals surface area (Å²) in [5, 5.41) is -11.7. The molecule has 0 amide bonds. The number of terminal acetylenes is 1. The van der Waals surface area contributed by atoms with Crippen LogP contribution in [0.2, 0.25) is 0 Å². The van der Waals surface area contributed by atoms with E-state index in [1.54, 1.807) is 6.07 Å². The van der Waals surface area contributed by atoms with Gasteiger partial charge in [-0.1, -0.05) is 37.0 Å². The molecule has 11 nitrogen and oxygen atoms in total. The summed E-state index contributed by atoms with van der Waals surface area (Å²) in [6.07, 6.45) is -19.1. The van der Waals surface area contributed by atoms with Crippen molar-refractivity contribution in [3.05, 3.63) is 0 Å². The Kier molecular flexibility index (Phi) is 64.7. The molecule has 0 spiro atoms. The number of hydrogen-bond donors (Lipinski definition) is 0. The lowest BCUT2D eigenvalue weighted by molar-refractivity contribution is -0.349. The van der Waals surface area contributed by atoms with Crippen LogP contribution in [0.3, 0.4) is 0 Å². The van der Waals surface area contributed by atoms with Gasteiger partial charge in [0.15, 0.2) is 11.9 Å². The molecule has 0 bridgehead atoms. The van der Waals surface area contributed by atoms with Gasteiger partial charge in [-0.3, -0.25) is 8.78 Å². The number of methoxy groups -OCH3 is 1. The van der Waals surface area contributed by atoms with Gasteiger partial charge in [-0.25, -0.2) is 61.1 Å². The molecule has 2 aliphatic carbocycles. The number of halogens is 42. The second-order valence-corrected chi connectivity index (χ2v) is 27.2. The maximum Gasteiger partial charge on any atom is 0.495 e. The zero-order chi connectivity index (χ0) is 91.3. The monoisotopic (exact) mass is 1780 g/mol. The van der Waals surface area contributed by atoms with E-state index in [9.17, 15) is 209 Å². The first kappa shape index (κ1) is 132. The summed E-state index contributed by atoms with van der Waals surface area (Å²) >= 11 is 0. The molecule has 2 rings (SSSR count). The number of carbonyl (C=O) groups excluding carboxylic acids is 1. The molecule has 2 aliphatic rings. The normalized spacial score (nSPS) is 15.3. The van der Waals surface area contributed by atoms with Crippen LogP contribution in [0, 0.1) is 23.7 Å². The topological polar surface area (TPSA) is 187 Å². The molecule has 107 heavy (non-hydrogen) atoms. The highest BCUT2D eigenvalue weighted by atomic mass is 32.3. The third kappa shape index (κ3) is 71.4. The van der Waals surface area contributed by atoms with Crippen molar-refractivity contribution in [2.24, 2.45) is 0 Å². The predicted molar refractivity (Wildman–Crippen MR) is 304 cm³/mol. The molecule has 0 aromatic rings. The third-order valence-corrected chi connectivity index (χ3v) is 14.9. The second-order valence-electron chi connectivity index (χ2n) is 19.4. The molecular weight excluding hydrogens is 1700 g/mol. The van der Waals surface area contributed by atoms with Crippen LogP contribution in [0.25, 0.3) is 0 Å². The Hall–Kier alpha value is -4.62. The fraction of sp³-hybridized carbons (Fsp3) is 0.920. The smallest absolute Gasteiger partial charge is 0.444 e. The Morgan fingerprint density at radius 2 is 0.729 bits per heavy atom. The Morgan fingerprint density at radius 3 is 0.822 bits per heavy atom. The van der Waals surface area contributed by atoms with Crippen molar-refractivity contribution >= 4 is 46.3 Å². The van der Waals surface area contributed by atoms with Crippen molar-refractivity contribution in [3.8, 4) is 18.4 Å². The summed E-state index contributed by atoms with van der Waals surface area (Å²) in [6.45, 7) is 8.94. The average Bonchev–Trinajstić information content (AvgIpc) is 0.736. The molecule has 0 atom stereocenters. The van der Waals surface area contributed by atoms with Gasteiger partial charge >= 0.3 is 103 Å². The molecule has 0 aliphatic heterocycles. The molecule has 660 valence electrons. The summed E-state index contributed by atoms with van der Waals surface area (Å²) in [7, 11) is -20.3. The zero-order valence-electron chi connectivity index (χ0n) is 57.8. The lowest BCUT2D eigenvalue weighted by Crippen LogP contribution is -2.58. The van der Waals surface area contributed by atoms with Crippen LogP contribution in [0.5, 0.6) is 0 Å². The first-order valence-electron chi connectivity index (χ1n) is 27.2. The first-order chi connectivity index (χ1) is 45.9. The van der Waals surface area contributed by atoms with Gasteiger partial charge in [0.25, 0.3) is 11.8 Å². The number of ether oxygens (including phenoxy) is 1. The van der Waals surface area contributed by atoms with Gasteiger partial charge in [-0.15, -0.1) is 14.7 Å². The molecule has 57 heteroatoms. The summed E-state index contributed by atoms with van der Waals surface area (Å²) in [5.74, 6) is -37.7. The number of rotatable bonds is 9. The second kappa shape index (κ2) is 52.6. The molecule has 2 fully saturated rings. The lowest BCUT2D eigenvalue weighted by Gasteiger charge is -2.37. The zero-order valence-corrected chi connectivity index (χ0v) is 61.0. The minimum Gasteiger partial charge on any atom is -0.444 e. The number of sulfone groups is 2. The molecule has 0 N–H and O–H groups in total. The van der Waals surface area contributed by atoms with E-state index in [1.165, 1.54) is 33.6 Å². The van der Waals surface area contributed by atoms with Gasteiger partial charge in [-0.05, 0) is 59.8 Å². The number of nitrogens with zero attached hydrogens (tertiary/aromatic N) is 1. The molecule has 0 aromatic heterocycles. The molecule has 0 radical (unpaired) electrons. The highest BCUT2D eigenvalue weighted by Crippen LogP contribution is 2.50. The van der Waals surface area contributed by atoms with Gasteiger partial charge in [0.05, 0.1) is 37.5 Å². The van der Waals surface area contributed by atoms with Crippen molar-refractivity contribution in [3.63, 3.8) is 0 Å². The maximum atomic E-state index is 13.2. The molecule has 0 unspecified atom stereocenters. The quantitative estimate of drug-likeness (QED) is 0.121. The molecule has 2 saturated carbocycles. The van der Waals surface area contributed by atoms with Crippen LogP contribution in [-0.2, 0) is 44.9 Å². The number of nitriles is 1. The van der Waals surface area contributed by atoms with Gasteiger partial charge in [0.1, 0.15) is 0 Å². The van der Waals surface area contributed by atoms with Crippen molar-refractivity contribution in [1.82, 2.24) is 0 Å². The number of hydrogen-bond acceptors (Lipinski definition) is 11. The Balaban J connectivity index is -0.0000000753. The van der Waals surface area contributed by atoms with Crippen LogP contribution in [0.4, 0.5) is 188 Å². The molecule has 0 heterocycles. The van der Waals surface area contributed by atoms with Gasteiger partial charge in [0.2, 0.25) is 25.6 Å². The third-order valence-electron chi connectivity index (χ3n) is 8.70. The Bertz CT molecular complexity index is 2780. The fourth-order valence-corrected chi connectivity index (χ4v) is 7.34. The van der Waals surface area contributed by atoms with Crippen molar-refractivity contribution < 1.29 is 228 Å². The Labute approximate surface area is 589 Å². The van der Waals surface area contributed by atoms with Gasteiger partial charge in [0, 0.05) is 69.7 Å². The van der Waals surface area contributed by atoms with Crippen LogP contribution < -0.4 is 0 Å². The number of carbonyl (C=O) groups is 1. The van der Waals surface area contributed by atoms with E-state index in [0.29, 0.717) is 26.7 Å². The highest BCUT2D eigenvalue weighted by molar-refractivity contribution is 7.93. The van der Waals surface area contributed by atoms with E-state index >= 15 is 0 Å². The summed E-state index contributed by atoms with van der Waals surface area (Å²) < 4.78 is 565. The maximum absolute atomic E-state index is 13.2. The lowest BCUT2D eigenvalue weighted by atomic mass is 9.93. The van der Waals surface area contributed by atoms with Crippen molar-refractivity contribution in [1.29, 1.82) is 5.26 Å². The van der Waals surface area contributed by atoms with Crippen molar-refractivity contribution in [2.75, 3.05) is 32.9 Å². The van der Waals surface area contributed by atoms with Crippen LogP contribution >= 0.6 is 0 Å². The Morgan fingerprint density at radius 1 is 0.505 bits per heavy atom. The van der Waals surface area contributed by atoms with E-state index in [2.05, 4.69) is 11.2 Å². The highest BCUT2D eigenvalue weighted by Gasteiger charge is 2.71. The summed E-state index contributed by atoms with van der Waals surface area (Å²) in [5.41, 5.74) is 0. The average molecular weight is 1780 g/mol. The van der Waals surface area contributed by atoms with Gasteiger partial charge in [-0.2, -0.15) is 145 Å². The standard InChI is InChI=1S/C8H10F6O2S.C8H14F2O2S.C4H3F7.C4H5F5.C4H4F2.C3H3F5.C3H6F2.C2F6O2S.C2H3F3.C2H5FO2S.C2H3FO2.2C2H5F.C2H3N.C2H6.H2/c1-6(9,10)17(15,16)5-7(11,12)3-2-4-8(5,13)14;1-8(9,10)13(11,12)7-5-3-2-4-6-7;1-2(5,6)3(7,8)4(9,10)11;1-3(6,7)4(8,9)2-5;1-3-4(2,5)6;1-2(4,5)3(6,7)8;1-3(2,4)5;3-1(4,5)2(6,7)11(8,9)10;1-2(3,4)5;1-2-6(3,4)5;1-5-2(3)4;3*1-2-3;1-2;/h5H,2-4H2,1H3;7H,2-6H2,1H3;1H3;2H2,1H3;1H,2H3;1H3;1-2H3;;1H3;2H2,1H3;1H3;2*2H2,1H3;1H3;1-2H3;1H. The van der Waals surface area contributed by atoms with E-state index < -0.39 is 189 Å². The predicted octanol–water partition coefficient (Wildman–Crippen LogP) is 23.2. The van der Waals surface area contributed by atoms with E-state index in [4.69, 9.17) is 18.5 Å². The van der Waals surface area contributed by atoms with Crippen LogP contribution in [0.1, 0.15) is 157 Å². The minimum atomic E-state index is -6.92. The van der Waals surface area contributed by atoms with Gasteiger partial charge < -0.3 is 4.74 Å². The van der Waals surface area contributed by atoms with Crippen LogP contribution in [-0.4, -0.2) is 177 Å². The fourth-order valence-electron chi connectivity index (χ4n) is 3.96. The first-order valence-corrected chi connectivity index (χ1v) is 33.2. The molecular formula is C50H77F42NO10S4. The largest absolute Gasteiger partial charge is 0.495 e. The van der Waals surface area contributed by atoms with E-state index in [-0.39, 0.29) is 42.5 Å². The van der Waals surface area contributed by atoms with E-state index in [0.717, 1.165) is 40.2 Å².